The van der Waals surface area contributed by atoms with Gasteiger partial charge in [-0.1, -0.05) is 50.8 Å². The van der Waals surface area contributed by atoms with E-state index >= 15 is 0 Å². The molecule has 3 aromatic rings. The highest BCUT2D eigenvalue weighted by atomic mass is 16.5. The largest absolute Gasteiger partial charge is 0.491 e. The van der Waals surface area contributed by atoms with Crippen LogP contribution in [0.15, 0.2) is 48.7 Å². The maximum absolute atomic E-state index is 12.4. The van der Waals surface area contributed by atoms with Crippen molar-refractivity contribution in [1.29, 1.82) is 0 Å². The van der Waals surface area contributed by atoms with Crippen LogP contribution in [0.3, 0.4) is 0 Å². The minimum absolute atomic E-state index is 0.148. The number of carbonyl (C=O) groups is 1. The summed E-state index contributed by atoms with van der Waals surface area (Å²) >= 11 is 0. The SMILES string of the molecule is CCCCCCC(Cc1[nH]c2ccccc2c1OCCCNc1ccccn1)C(=O)OC. The zero-order valence-electron chi connectivity index (χ0n) is 19.2. The number of fused-ring (bicyclic) bond motifs is 1. The molecule has 0 saturated carbocycles. The third-order valence-corrected chi connectivity index (χ3v) is 5.66. The molecule has 172 valence electrons. The van der Waals surface area contributed by atoms with E-state index in [2.05, 4.69) is 28.3 Å². The van der Waals surface area contributed by atoms with Gasteiger partial charge in [0, 0.05) is 30.1 Å². The molecule has 0 spiro atoms. The molecule has 32 heavy (non-hydrogen) atoms. The molecular formula is C26H35N3O3. The van der Waals surface area contributed by atoms with E-state index in [1.807, 2.05) is 36.4 Å². The highest BCUT2D eigenvalue weighted by Gasteiger charge is 2.23. The number of hydrogen-bond acceptors (Lipinski definition) is 5. The number of aromatic amines is 1. The van der Waals surface area contributed by atoms with Crippen molar-refractivity contribution in [3.63, 3.8) is 0 Å². The van der Waals surface area contributed by atoms with E-state index in [9.17, 15) is 4.79 Å². The first-order valence-corrected chi connectivity index (χ1v) is 11.7. The van der Waals surface area contributed by atoms with Gasteiger partial charge in [0.25, 0.3) is 0 Å². The van der Waals surface area contributed by atoms with Crippen LogP contribution in [0.4, 0.5) is 5.82 Å². The first kappa shape index (κ1) is 23.6. The Balaban J connectivity index is 1.64. The standard InChI is InChI=1S/C26H35N3O3/c1-3-4-5-6-12-20(26(30)31-2)19-23-25(21-13-7-8-14-22(21)29-23)32-18-11-17-28-24-15-9-10-16-27-24/h7-10,13-16,20,29H,3-6,11-12,17-19H2,1-2H3,(H,27,28). The maximum Gasteiger partial charge on any atom is 0.309 e. The molecule has 0 radical (unpaired) electrons. The quantitative estimate of drug-likeness (QED) is 0.248. The molecule has 0 aliphatic carbocycles. The Morgan fingerprint density at radius 3 is 2.72 bits per heavy atom. The Kier molecular flexibility index (Phi) is 9.41. The van der Waals surface area contributed by atoms with Crippen LogP contribution < -0.4 is 10.1 Å². The fourth-order valence-corrected chi connectivity index (χ4v) is 3.94. The monoisotopic (exact) mass is 437 g/mol. The predicted molar refractivity (Wildman–Crippen MR) is 129 cm³/mol. The molecular weight excluding hydrogens is 402 g/mol. The number of pyridine rings is 1. The summed E-state index contributed by atoms with van der Waals surface area (Å²) < 4.78 is 11.3. The van der Waals surface area contributed by atoms with E-state index in [-0.39, 0.29) is 11.9 Å². The number of aromatic nitrogens is 2. The van der Waals surface area contributed by atoms with Crippen LogP contribution in [0.25, 0.3) is 10.9 Å². The fraction of sp³-hybridized carbons (Fsp3) is 0.462. The van der Waals surface area contributed by atoms with Gasteiger partial charge in [0.1, 0.15) is 11.6 Å². The normalized spacial score (nSPS) is 11.9. The molecule has 0 bridgehead atoms. The van der Waals surface area contributed by atoms with Crippen LogP contribution in [0, 0.1) is 5.92 Å². The molecule has 1 unspecified atom stereocenters. The summed E-state index contributed by atoms with van der Waals surface area (Å²) in [6.45, 7) is 3.54. The van der Waals surface area contributed by atoms with E-state index in [1.54, 1.807) is 6.20 Å². The first-order chi connectivity index (χ1) is 15.7. The maximum atomic E-state index is 12.4. The molecule has 1 atom stereocenters. The van der Waals surface area contributed by atoms with E-state index in [4.69, 9.17) is 9.47 Å². The molecule has 1 aromatic carbocycles. The Morgan fingerprint density at radius 1 is 1.09 bits per heavy atom. The molecule has 2 aromatic heterocycles. The second kappa shape index (κ2) is 12.7. The summed E-state index contributed by atoms with van der Waals surface area (Å²) in [7, 11) is 1.47. The highest BCUT2D eigenvalue weighted by molar-refractivity contribution is 5.88. The Labute approximate surface area is 190 Å². The minimum atomic E-state index is -0.168. The van der Waals surface area contributed by atoms with Gasteiger partial charge in [-0.2, -0.15) is 0 Å². The van der Waals surface area contributed by atoms with E-state index < -0.39 is 0 Å². The van der Waals surface area contributed by atoms with E-state index in [0.717, 1.165) is 60.4 Å². The van der Waals surface area contributed by atoms with Crippen LogP contribution in [0.5, 0.6) is 5.75 Å². The van der Waals surface area contributed by atoms with E-state index in [1.165, 1.54) is 20.0 Å². The molecule has 3 rings (SSSR count). The van der Waals surface area contributed by atoms with Crippen LogP contribution in [-0.2, 0) is 16.0 Å². The van der Waals surface area contributed by atoms with Gasteiger partial charge >= 0.3 is 5.97 Å². The number of anilines is 1. The van der Waals surface area contributed by atoms with Crippen LogP contribution in [-0.4, -0.2) is 36.2 Å². The van der Waals surface area contributed by atoms with Gasteiger partial charge in [0.2, 0.25) is 0 Å². The predicted octanol–water partition coefficient (Wildman–Crippen LogP) is 5.75. The lowest BCUT2D eigenvalue weighted by Gasteiger charge is -2.15. The topological polar surface area (TPSA) is 76.2 Å². The van der Waals surface area contributed by atoms with Gasteiger partial charge in [0.15, 0.2) is 0 Å². The minimum Gasteiger partial charge on any atom is -0.491 e. The number of rotatable bonds is 14. The van der Waals surface area contributed by atoms with Crippen molar-refractivity contribution in [2.45, 2.75) is 51.9 Å². The average Bonchev–Trinajstić information content (AvgIpc) is 3.18. The van der Waals surface area contributed by atoms with Crippen LogP contribution >= 0.6 is 0 Å². The van der Waals surface area contributed by atoms with Crippen molar-refractivity contribution >= 4 is 22.7 Å². The summed E-state index contributed by atoms with van der Waals surface area (Å²) in [5, 5.41) is 4.36. The number of methoxy groups -OCH3 is 1. The van der Waals surface area contributed by atoms with Gasteiger partial charge < -0.3 is 19.8 Å². The molecule has 0 aliphatic rings. The average molecular weight is 438 g/mol. The number of hydrogen-bond donors (Lipinski definition) is 2. The Hall–Kier alpha value is -3.02. The number of nitrogens with one attached hydrogen (secondary N) is 2. The smallest absolute Gasteiger partial charge is 0.309 e. The van der Waals surface area contributed by atoms with Gasteiger partial charge in [-0.15, -0.1) is 0 Å². The van der Waals surface area contributed by atoms with Crippen molar-refractivity contribution < 1.29 is 14.3 Å². The lowest BCUT2D eigenvalue weighted by Crippen LogP contribution is -2.19. The Bertz CT molecular complexity index is 955. The summed E-state index contributed by atoms with van der Waals surface area (Å²) in [5.74, 6) is 1.40. The Morgan fingerprint density at radius 2 is 1.94 bits per heavy atom. The van der Waals surface area contributed by atoms with Crippen molar-refractivity contribution in [1.82, 2.24) is 9.97 Å². The molecule has 0 aliphatic heterocycles. The van der Waals surface area contributed by atoms with Crippen molar-refractivity contribution in [3.05, 3.63) is 54.4 Å². The molecule has 0 amide bonds. The van der Waals surface area contributed by atoms with Crippen LogP contribution in [0.2, 0.25) is 0 Å². The molecule has 0 saturated heterocycles. The number of ether oxygens (including phenoxy) is 2. The third kappa shape index (κ3) is 6.74. The summed E-state index contributed by atoms with van der Waals surface area (Å²) in [6.07, 6.45) is 8.58. The molecule has 6 nitrogen and oxygen atoms in total. The first-order valence-electron chi connectivity index (χ1n) is 11.7. The zero-order valence-corrected chi connectivity index (χ0v) is 19.2. The van der Waals surface area contributed by atoms with Crippen molar-refractivity contribution in [2.24, 2.45) is 5.92 Å². The lowest BCUT2D eigenvalue weighted by atomic mass is 9.95. The number of carbonyl (C=O) groups excluding carboxylic acids is 1. The van der Waals surface area contributed by atoms with Gasteiger partial charge in [-0.25, -0.2) is 4.98 Å². The molecule has 2 heterocycles. The fourth-order valence-electron chi connectivity index (χ4n) is 3.94. The van der Waals surface area contributed by atoms with Gasteiger partial charge in [0.05, 0.1) is 25.3 Å². The summed E-state index contributed by atoms with van der Waals surface area (Å²) in [6, 6.07) is 13.9. The number of benzene rings is 1. The molecule has 0 fully saturated rings. The second-order valence-corrected chi connectivity index (χ2v) is 8.10. The summed E-state index contributed by atoms with van der Waals surface area (Å²) in [4.78, 5) is 20.2. The van der Waals surface area contributed by atoms with Gasteiger partial charge in [-0.3, -0.25) is 4.79 Å². The molecule has 6 heteroatoms. The lowest BCUT2D eigenvalue weighted by molar-refractivity contribution is -0.145. The zero-order chi connectivity index (χ0) is 22.6. The van der Waals surface area contributed by atoms with Gasteiger partial charge in [-0.05, 0) is 37.1 Å². The van der Waals surface area contributed by atoms with E-state index in [0.29, 0.717) is 13.0 Å². The number of esters is 1. The number of unbranched alkanes of at least 4 members (excludes halogenated alkanes) is 3. The number of H-pyrrole nitrogens is 1. The van der Waals surface area contributed by atoms with Crippen LogP contribution in [0.1, 0.15) is 51.1 Å². The van der Waals surface area contributed by atoms with Crippen molar-refractivity contribution in [3.8, 4) is 5.75 Å². The number of para-hydroxylation sites is 1. The summed E-state index contributed by atoms with van der Waals surface area (Å²) in [5.41, 5.74) is 1.99. The highest BCUT2D eigenvalue weighted by Crippen LogP contribution is 2.33. The number of nitrogens with zero attached hydrogens (tertiary/aromatic N) is 1. The third-order valence-electron chi connectivity index (χ3n) is 5.66. The molecule has 2 N–H and O–H groups in total. The second-order valence-electron chi connectivity index (χ2n) is 8.10. The van der Waals surface area contributed by atoms with Crippen molar-refractivity contribution in [2.75, 3.05) is 25.6 Å².